The van der Waals surface area contributed by atoms with Crippen LogP contribution in [0.1, 0.15) is 17.9 Å². The van der Waals surface area contributed by atoms with E-state index in [4.69, 9.17) is 4.74 Å². The van der Waals surface area contributed by atoms with Crippen molar-refractivity contribution in [1.29, 1.82) is 0 Å². The Morgan fingerprint density at radius 1 is 1.29 bits per heavy atom. The molecule has 5 rings (SSSR count). The first-order chi connectivity index (χ1) is 13.6. The van der Waals surface area contributed by atoms with Crippen LogP contribution in [-0.2, 0) is 10.0 Å². The van der Waals surface area contributed by atoms with Crippen molar-refractivity contribution >= 4 is 26.7 Å². The van der Waals surface area contributed by atoms with Crippen molar-refractivity contribution < 1.29 is 13.2 Å². The smallest absolute Gasteiger partial charge is 0.268 e. The van der Waals surface area contributed by atoms with Crippen molar-refractivity contribution in [3.8, 4) is 5.75 Å². The predicted octanol–water partition coefficient (Wildman–Crippen LogP) is 2.18. The number of ether oxygens (including phenoxy) is 1. The lowest BCUT2D eigenvalue weighted by molar-refractivity contribution is 0.311. The molecule has 1 aromatic carbocycles. The molecule has 2 aromatic heterocycles. The van der Waals surface area contributed by atoms with Crippen LogP contribution in [0.2, 0.25) is 0 Å². The quantitative estimate of drug-likeness (QED) is 0.729. The van der Waals surface area contributed by atoms with E-state index in [9.17, 15) is 8.42 Å². The number of nitrogens with one attached hydrogen (secondary N) is 1. The summed E-state index contributed by atoms with van der Waals surface area (Å²) in [5.41, 5.74) is 3.16. The van der Waals surface area contributed by atoms with Crippen molar-refractivity contribution in [2.75, 3.05) is 38.2 Å². The topological polar surface area (TPSA) is 76.5 Å². The largest absolute Gasteiger partial charge is 0.490 e. The molecule has 1 saturated heterocycles. The van der Waals surface area contributed by atoms with E-state index in [0.717, 1.165) is 42.8 Å². The van der Waals surface area contributed by atoms with Crippen LogP contribution in [0.25, 0.3) is 11.0 Å². The van der Waals surface area contributed by atoms with E-state index in [1.165, 1.54) is 3.97 Å². The van der Waals surface area contributed by atoms with Crippen molar-refractivity contribution in [2.24, 2.45) is 0 Å². The van der Waals surface area contributed by atoms with Crippen LogP contribution < -0.4 is 15.0 Å². The minimum absolute atomic E-state index is 0.250. The van der Waals surface area contributed by atoms with Gasteiger partial charge in [0.25, 0.3) is 10.0 Å². The van der Waals surface area contributed by atoms with Gasteiger partial charge in [0.2, 0.25) is 0 Å². The molecule has 3 aromatic rings. The molecule has 2 aliphatic rings. The van der Waals surface area contributed by atoms with Gasteiger partial charge in [0, 0.05) is 37.5 Å². The molecule has 4 heterocycles. The van der Waals surface area contributed by atoms with E-state index in [1.54, 1.807) is 36.7 Å². The van der Waals surface area contributed by atoms with Gasteiger partial charge >= 0.3 is 0 Å². The molecule has 0 amide bonds. The highest BCUT2D eigenvalue weighted by molar-refractivity contribution is 7.90. The number of pyridine rings is 1. The van der Waals surface area contributed by atoms with Gasteiger partial charge in [-0.15, -0.1) is 0 Å². The molecule has 0 spiro atoms. The average Bonchev–Trinajstić information content (AvgIpc) is 3.36. The molecule has 146 valence electrons. The number of hydrogen-bond acceptors (Lipinski definition) is 6. The Labute approximate surface area is 164 Å². The maximum Gasteiger partial charge on any atom is 0.268 e. The van der Waals surface area contributed by atoms with Crippen molar-refractivity contribution in [2.45, 2.75) is 17.2 Å². The molecule has 0 bridgehead atoms. The van der Waals surface area contributed by atoms with Gasteiger partial charge in [-0.3, -0.25) is 4.98 Å². The van der Waals surface area contributed by atoms with Gasteiger partial charge in [-0.25, -0.2) is 12.4 Å². The lowest BCUT2D eigenvalue weighted by atomic mass is 10.0. The Morgan fingerprint density at radius 3 is 3.00 bits per heavy atom. The first kappa shape index (κ1) is 17.5. The Morgan fingerprint density at radius 2 is 2.18 bits per heavy atom. The number of aromatic nitrogens is 2. The van der Waals surface area contributed by atoms with E-state index >= 15 is 0 Å². The number of nitrogens with zero attached hydrogens (tertiary/aromatic N) is 3. The summed E-state index contributed by atoms with van der Waals surface area (Å²) in [4.78, 5) is 6.76. The number of benzene rings is 1. The summed E-state index contributed by atoms with van der Waals surface area (Å²) in [5, 5.41) is 3.35. The Hall–Kier alpha value is -2.58. The van der Waals surface area contributed by atoms with Crippen molar-refractivity contribution in [1.82, 2.24) is 14.3 Å². The molecule has 2 aliphatic heterocycles. The molecule has 7 nitrogen and oxygen atoms in total. The molecule has 0 saturated carbocycles. The van der Waals surface area contributed by atoms with Crippen LogP contribution in [0.5, 0.6) is 5.75 Å². The van der Waals surface area contributed by atoms with Gasteiger partial charge in [-0.05, 0) is 43.3 Å². The van der Waals surface area contributed by atoms with Crippen LogP contribution >= 0.6 is 0 Å². The Balaban J connectivity index is 1.66. The lowest BCUT2D eigenvalue weighted by Crippen LogP contribution is -2.29. The third-order valence-corrected chi connectivity index (χ3v) is 7.31. The summed E-state index contributed by atoms with van der Waals surface area (Å²) in [6.45, 7) is 3.11. The summed E-state index contributed by atoms with van der Waals surface area (Å²) in [6, 6.07) is 8.65. The fraction of sp³-hybridized carbons (Fsp3) is 0.350. The second-order valence-corrected chi connectivity index (χ2v) is 9.16. The zero-order chi connectivity index (χ0) is 19.3. The van der Waals surface area contributed by atoms with E-state index < -0.39 is 10.0 Å². The van der Waals surface area contributed by atoms with E-state index in [0.29, 0.717) is 17.9 Å². The molecule has 28 heavy (non-hydrogen) atoms. The van der Waals surface area contributed by atoms with Crippen molar-refractivity contribution in [3.05, 3.63) is 48.3 Å². The third-order valence-electron chi connectivity index (χ3n) is 5.64. The standard InChI is InChI=1S/C20H22N4O3S/c1-23-9-10-27-19-5-4-15(11-18(19)23)28(25,26)24-13-16(14-6-8-21-12-14)20-17(24)3-2-7-22-20/h2-5,7,11,13-14,21H,6,8-10,12H2,1H3. The normalized spacial score (nSPS) is 19.6. The molecular weight excluding hydrogens is 376 g/mol. The molecule has 1 N–H and O–H groups in total. The lowest BCUT2D eigenvalue weighted by Gasteiger charge is -2.28. The molecule has 1 atom stereocenters. The molecule has 0 radical (unpaired) electrons. The third kappa shape index (κ3) is 2.67. The summed E-state index contributed by atoms with van der Waals surface area (Å²) in [5.74, 6) is 0.987. The summed E-state index contributed by atoms with van der Waals surface area (Å²) < 4.78 is 34.1. The molecular formula is C20H22N4O3S. The van der Waals surface area contributed by atoms with E-state index in [1.807, 2.05) is 18.0 Å². The van der Waals surface area contributed by atoms with Crippen LogP contribution in [0.4, 0.5) is 5.69 Å². The highest BCUT2D eigenvalue weighted by Gasteiger charge is 2.28. The van der Waals surface area contributed by atoms with Gasteiger partial charge in [0.1, 0.15) is 12.4 Å². The molecule has 1 fully saturated rings. The number of rotatable bonds is 3. The van der Waals surface area contributed by atoms with Crippen molar-refractivity contribution in [3.63, 3.8) is 0 Å². The average molecular weight is 398 g/mol. The second-order valence-electron chi connectivity index (χ2n) is 7.35. The minimum atomic E-state index is -3.76. The highest BCUT2D eigenvalue weighted by atomic mass is 32.2. The van der Waals surface area contributed by atoms with E-state index in [2.05, 4.69) is 10.3 Å². The highest BCUT2D eigenvalue weighted by Crippen LogP contribution is 2.36. The monoisotopic (exact) mass is 398 g/mol. The van der Waals surface area contributed by atoms with Gasteiger partial charge in [-0.1, -0.05) is 0 Å². The zero-order valence-corrected chi connectivity index (χ0v) is 16.4. The van der Waals surface area contributed by atoms with Crippen LogP contribution in [0.15, 0.2) is 47.6 Å². The van der Waals surface area contributed by atoms with Crippen LogP contribution in [0, 0.1) is 0 Å². The fourth-order valence-corrected chi connectivity index (χ4v) is 5.46. The summed E-state index contributed by atoms with van der Waals surface area (Å²) >= 11 is 0. The maximum atomic E-state index is 13.5. The molecule has 0 aliphatic carbocycles. The number of fused-ring (bicyclic) bond motifs is 2. The first-order valence-electron chi connectivity index (χ1n) is 9.46. The van der Waals surface area contributed by atoms with Gasteiger partial charge in [0.15, 0.2) is 0 Å². The number of anilines is 1. The minimum Gasteiger partial charge on any atom is -0.490 e. The van der Waals surface area contributed by atoms with Gasteiger partial charge < -0.3 is 15.0 Å². The number of likely N-dealkylation sites (N-methyl/N-ethyl adjacent to an activating group) is 1. The maximum absolute atomic E-state index is 13.5. The zero-order valence-electron chi connectivity index (χ0n) is 15.6. The van der Waals surface area contributed by atoms with Gasteiger partial charge in [0.05, 0.1) is 28.2 Å². The van der Waals surface area contributed by atoms with E-state index in [-0.39, 0.29) is 10.8 Å². The Kier molecular flexibility index (Phi) is 4.06. The van der Waals surface area contributed by atoms with Crippen LogP contribution in [0.3, 0.4) is 0 Å². The summed E-state index contributed by atoms with van der Waals surface area (Å²) in [6.07, 6.45) is 4.46. The summed E-state index contributed by atoms with van der Waals surface area (Å²) in [7, 11) is -1.81. The first-order valence-corrected chi connectivity index (χ1v) is 10.9. The van der Waals surface area contributed by atoms with Crippen LogP contribution in [-0.4, -0.2) is 50.7 Å². The second kappa shape index (κ2) is 6.49. The van der Waals surface area contributed by atoms with Gasteiger partial charge in [-0.2, -0.15) is 0 Å². The number of hydrogen-bond donors (Lipinski definition) is 1. The fourth-order valence-electron chi connectivity index (χ4n) is 4.08. The predicted molar refractivity (Wildman–Crippen MR) is 108 cm³/mol. The molecule has 8 heteroatoms. The molecule has 1 unspecified atom stereocenters. The SMILES string of the molecule is CN1CCOc2ccc(S(=O)(=O)n3cc(C4CCNC4)c4ncccc43)cc21. The Bertz CT molecular complexity index is 1150.